The molecule has 0 spiro atoms. The Kier molecular flexibility index (Phi) is 6.50. The summed E-state index contributed by atoms with van der Waals surface area (Å²) in [5.74, 6) is 0. The summed E-state index contributed by atoms with van der Waals surface area (Å²) in [6.45, 7) is 0.111. The number of rotatable bonds is 8. The van der Waals surface area contributed by atoms with Gasteiger partial charge in [0.25, 0.3) is 0 Å². The summed E-state index contributed by atoms with van der Waals surface area (Å²) in [5.41, 5.74) is 20.7. The number of sulfonamides is 1. The number of hydrogen-bond acceptors (Lipinski definition) is 10. The highest BCUT2D eigenvalue weighted by Gasteiger charge is 2.30. The highest BCUT2D eigenvalue weighted by atomic mass is 32.2. The zero-order valence-electron chi connectivity index (χ0n) is 16.7. The number of aromatic nitrogens is 1. The average Bonchev–Trinajstić information content (AvgIpc) is 3.38. The van der Waals surface area contributed by atoms with Crippen LogP contribution >= 0.6 is 11.3 Å². The second-order valence-electron chi connectivity index (χ2n) is 7.27. The van der Waals surface area contributed by atoms with Crippen LogP contribution in [-0.2, 0) is 16.4 Å². The third-order valence-electron chi connectivity index (χ3n) is 5.18. The number of fused-ring (bicyclic) bond motifs is 1. The topological polar surface area (TPSA) is 167 Å². The van der Waals surface area contributed by atoms with E-state index in [2.05, 4.69) is 26.9 Å². The van der Waals surface area contributed by atoms with E-state index in [0.717, 1.165) is 23.1 Å². The minimum atomic E-state index is -4.05. The molecule has 31 heavy (non-hydrogen) atoms. The Balaban J connectivity index is 1.93. The summed E-state index contributed by atoms with van der Waals surface area (Å²) in [4.78, 5) is 4.55. The molecular formula is C19H25N7O3S2. The number of primary sulfonamides is 1. The molecule has 0 aliphatic carbocycles. The molecule has 2 aromatic carbocycles. The molecule has 0 bridgehead atoms. The van der Waals surface area contributed by atoms with Gasteiger partial charge in [0.05, 0.1) is 15.1 Å². The molecule has 0 radical (unpaired) electrons. The molecule has 4 rings (SSSR count). The Bertz CT molecular complexity index is 1190. The van der Waals surface area contributed by atoms with Gasteiger partial charge in [-0.25, -0.2) is 29.4 Å². The lowest BCUT2D eigenvalue weighted by atomic mass is 9.93. The molecule has 1 saturated heterocycles. The molecule has 1 aliphatic rings. The fraction of sp³-hybridized carbons (Fsp3) is 0.316. The van der Waals surface area contributed by atoms with Gasteiger partial charge in [-0.1, -0.05) is 42.0 Å². The van der Waals surface area contributed by atoms with Crippen LogP contribution in [0.3, 0.4) is 0 Å². The Morgan fingerprint density at radius 2 is 1.84 bits per heavy atom. The van der Waals surface area contributed by atoms with E-state index in [-0.39, 0.29) is 11.5 Å². The zero-order valence-corrected chi connectivity index (χ0v) is 18.3. The Hall–Kier alpha value is -2.16. The SMILES string of the molecule is Nc1nc2c(-c3ccc(CCCCCO)c(S(N)(=O)=O)c3C3NNNN3)cccc2s1. The van der Waals surface area contributed by atoms with Gasteiger partial charge in [-0.3, -0.25) is 0 Å². The number of nitrogen functional groups attached to an aromatic ring is 1. The van der Waals surface area contributed by atoms with Crippen molar-refractivity contribution in [2.75, 3.05) is 12.3 Å². The monoisotopic (exact) mass is 463 g/mol. The highest BCUT2D eigenvalue weighted by Crippen LogP contribution is 2.39. The molecule has 166 valence electrons. The minimum Gasteiger partial charge on any atom is -0.396 e. The minimum absolute atomic E-state index is 0.0877. The van der Waals surface area contributed by atoms with Gasteiger partial charge < -0.3 is 10.8 Å². The number of unbranched alkanes of at least 4 members (excludes halogenated alkanes) is 2. The Labute approximate surface area is 184 Å². The van der Waals surface area contributed by atoms with Crippen molar-refractivity contribution in [2.24, 2.45) is 5.14 Å². The number of anilines is 1. The number of benzene rings is 2. The second-order valence-corrected chi connectivity index (χ2v) is 9.83. The molecule has 1 aliphatic heterocycles. The van der Waals surface area contributed by atoms with Gasteiger partial charge in [0.1, 0.15) is 6.17 Å². The molecule has 0 saturated carbocycles. The summed E-state index contributed by atoms with van der Waals surface area (Å²) in [5, 5.41) is 15.2. The lowest BCUT2D eigenvalue weighted by Gasteiger charge is -2.22. The van der Waals surface area contributed by atoms with Crippen molar-refractivity contribution in [1.82, 2.24) is 26.9 Å². The van der Waals surface area contributed by atoms with E-state index in [1.54, 1.807) is 0 Å². The molecule has 3 aromatic rings. The number of nitrogens with zero attached hydrogens (tertiary/aromatic N) is 1. The van der Waals surface area contributed by atoms with Crippen molar-refractivity contribution < 1.29 is 13.5 Å². The molecule has 0 atom stereocenters. The van der Waals surface area contributed by atoms with Crippen molar-refractivity contribution in [2.45, 2.75) is 36.7 Å². The molecular weight excluding hydrogens is 438 g/mol. The fourth-order valence-electron chi connectivity index (χ4n) is 3.88. The normalized spacial score (nSPS) is 15.2. The summed E-state index contributed by atoms with van der Waals surface area (Å²) >= 11 is 1.38. The standard InChI is InChI=1S/C19H25N7O3S2/c20-19-22-16-13(6-4-7-14(16)30-19)12-9-8-11(5-2-1-3-10-27)17(31(21,28)29)15(12)18-23-25-26-24-18/h4,6-9,18,23-27H,1-3,5,10H2,(H2,20,22)(H2,21,28,29). The van der Waals surface area contributed by atoms with Gasteiger partial charge in [-0.15, -0.1) is 0 Å². The van der Waals surface area contributed by atoms with Crippen molar-refractivity contribution in [3.8, 4) is 11.1 Å². The maximum atomic E-state index is 12.8. The van der Waals surface area contributed by atoms with Gasteiger partial charge in [-0.2, -0.15) is 11.1 Å². The molecule has 0 amide bonds. The number of para-hydroxylation sites is 1. The fourth-order valence-corrected chi connectivity index (χ4v) is 5.71. The smallest absolute Gasteiger partial charge is 0.238 e. The zero-order chi connectivity index (χ0) is 22.0. The summed E-state index contributed by atoms with van der Waals surface area (Å²) in [6, 6.07) is 9.42. The number of aliphatic hydroxyl groups excluding tert-OH is 1. The maximum absolute atomic E-state index is 12.8. The molecule has 10 nitrogen and oxygen atoms in total. The molecule has 2 heterocycles. The van der Waals surface area contributed by atoms with Crippen molar-refractivity contribution >= 4 is 36.7 Å². The quantitative estimate of drug-likeness (QED) is 0.241. The number of nitrogens with one attached hydrogen (secondary N) is 4. The number of hydrazine groups is 3. The first-order chi connectivity index (χ1) is 14.9. The van der Waals surface area contributed by atoms with Crippen LogP contribution in [-0.4, -0.2) is 25.1 Å². The van der Waals surface area contributed by atoms with E-state index in [4.69, 9.17) is 16.0 Å². The van der Waals surface area contributed by atoms with E-state index in [1.165, 1.54) is 11.3 Å². The summed E-state index contributed by atoms with van der Waals surface area (Å²) in [6.07, 6.45) is 2.16. The molecule has 1 aromatic heterocycles. The highest BCUT2D eigenvalue weighted by molar-refractivity contribution is 7.89. The first kappa shape index (κ1) is 22.0. The second kappa shape index (κ2) is 9.14. The first-order valence-electron chi connectivity index (χ1n) is 9.86. The lowest BCUT2D eigenvalue weighted by molar-refractivity contribution is 0.283. The van der Waals surface area contributed by atoms with Gasteiger partial charge in [0.15, 0.2) is 5.13 Å². The van der Waals surface area contributed by atoms with Crippen molar-refractivity contribution in [3.63, 3.8) is 0 Å². The number of aliphatic hydroxyl groups is 1. The van der Waals surface area contributed by atoms with Crippen molar-refractivity contribution in [1.29, 1.82) is 0 Å². The van der Waals surface area contributed by atoms with Gasteiger partial charge >= 0.3 is 0 Å². The Morgan fingerprint density at radius 1 is 1.06 bits per heavy atom. The predicted molar refractivity (Wildman–Crippen MR) is 121 cm³/mol. The molecule has 0 unspecified atom stereocenters. The lowest BCUT2D eigenvalue weighted by Crippen LogP contribution is -2.33. The van der Waals surface area contributed by atoms with Gasteiger partial charge in [0, 0.05) is 17.7 Å². The predicted octanol–water partition coefficient (Wildman–Crippen LogP) is 1.01. The van der Waals surface area contributed by atoms with Crippen LogP contribution < -0.4 is 32.8 Å². The third kappa shape index (κ3) is 4.56. The number of aryl methyl sites for hydroxylation is 1. The van der Waals surface area contributed by atoms with Crippen LogP contribution in [0.5, 0.6) is 0 Å². The molecule has 9 N–H and O–H groups in total. The average molecular weight is 464 g/mol. The van der Waals surface area contributed by atoms with Gasteiger partial charge in [0.2, 0.25) is 10.0 Å². The van der Waals surface area contributed by atoms with Crippen LogP contribution in [0.25, 0.3) is 21.3 Å². The first-order valence-corrected chi connectivity index (χ1v) is 12.2. The van der Waals surface area contributed by atoms with Crippen LogP contribution in [0.4, 0.5) is 5.13 Å². The van der Waals surface area contributed by atoms with E-state index in [0.29, 0.717) is 40.2 Å². The number of nitrogens with two attached hydrogens (primary N) is 2. The largest absolute Gasteiger partial charge is 0.396 e. The van der Waals surface area contributed by atoms with Crippen LogP contribution in [0.2, 0.25) is 0 Å². The van der Waals surface area contributed by atoms with E-state index in [1.807, 2.05) is 30.3 Å². The van der Waals surface area contributed by atoms with Crippen LogP contribution in [0.15, 0.2) is 35.2 Å². The van der Waals surface area contributed by atoms with Crippen LogP contribution in [0, 0.1) is 0 Å². The summed E-state index contributed by atoms with van der Waals surface area (Å²) < 4.78 is 26.5. The molecule has 12 heteroatoms. The third-order valence-corrected chi connectivity index (χ3v) is 7.08. The van der Waals surface area contributed by atoms with E-state index >= 15 is 0 Å². The Morgan fingerprint density at radius 3 is 2.55 bits per heavy atom. The molecule has 1 fully saturated rings. The summed E-state index contributed by atoms with van der Waals surface area (Å²) in [7, 11) is -4.05. The van der Waals surface area contributed by atoms with Crippen molar-refractivity contribution in [3.05, 3.63) is 41.5 Å². The van der Waals surface area contributed by atoms with E-state index in [9.17, 15) is 8.42 Å². The maximum Gasteiger partial charge on any atom is 0.238 e. The van der Waals surface area contributed by atoms with Gasteiger partial charge in [-0.05, 0) is 36.5 Å². The van der Waals surface area contributed by atoms with Crippen LogP contribution in [0.1, 0.15) is 36.6 Å². The number of hydrogen-bond donors (Lipinski definition) is 7. The number of thiazole rings is 1. The van der Waals surface area contributed by atoms with E-state index < -0.39 is 16.2 Å².